The average Bonchev–Trinajstić information content (AvgIpc) is 3.44. The zero-order chi connectivity index (χ0) is 19.6. The number of hydrogen-bond acceptors (Lipinski definition) is 4. The number of amides is 1. The molecule has 0 unspecified atom stereocenters. The van der Waals surface area contributed by atoms with Crippen molar-refractivity contribution < 1.29 is 4.79 Å². The minimum absolute atomic E-state index is 0.0540. The van der Waals surface area contributed by atoms with E-state index in [0.717, 1.165) is 43.5 Å². The van der Waals surface area contributed by atoms with Gasteiger partial charge in [0.2, 0.25) is 0 Å². The van der Waals surface area contributed by atoms with Crippen LogP contribution in [0.1, 0.15) is 41.6 Å². The number of nitrogens with zero attached hydrogens (tertiary/aromatic N) is 4. The van der Waals surface area contributed by atoms with Crippen LogP contribution in [0.3, 0.4) is 0 Å². The van der Waals surface area contributed by atoms with Crippen LogP contribution in [0.15, 0.2) is 42.6 Å². The summed E-state index contributed by atoms with van der Waals surface area (Å²) in [6.45, 7) is 6.74. The molecule has 2 fully saturated rings. The van der Waals surface area contributed by atoms with Gasteiger partial charge in [-0.2, -0.15) is 0 Å². The summed E-state index contributed by atoms with van der Waals surface area (Å²) < 4.78 is 0. The normalized spacial score (nSPS) is 20.3. The van der Waals surface area contributed by atoms with Gasteiger partial charge in [-0.25, -0.2) is 4.98 Å². The molecule has 0 N–H and O–H groups in total. The molecule has 3 aliphatic heterocycles. The van der Waals surface area contributed by atoms with Gasteiger partial charge in [-0.1, -0.05) is 18.2 Å². The van der Waals surface area contributed by atoms with Crippen LogP contribution < -0.4 is 9.80 Å². The summed E-state index contributed by atoms with van der Waals surface area (Å²) in [5, 5.41) is 0. The zero-order valence-electron chi connectivity index (χ0n) is 17.1. The molecule has 29 heavy (non-hydrogen) atoms. The zero-order valence-corrected chi connectivity index (χ0v) is 17.1. The number of piperidine rings is 1. The number of para-hydroxylation sites is 1. The van der Waals surface area contributed by atoms with Crippen LogP contribution in [0.4, 0.5) is 11.5 Å². The van der Waals surface area contributed by atoms with Crippen molar-refractivity contribution in [3.05, 3.63) is 53.7 Å². The van der Waals surface area contributed by atoms with E-state index in [1.165, 1.54) is 50.9 Å². The van der Waals surface area contributed by atoms with Gasteiger partial charge in [0, 0.05) is 38.1 Å². The van der Waals surface area contributed by atoms with Crippen LogP contribution in [0.5, 0.6) is 0 Å². The molecule has 0 saturated carbocycles. The first-order valence-corrected chi connectivity index (χ1v) is 11.1. The van der Waals surface area contributed by atoms with Crippen molar-refractivity contribution in [2.24, 2.45) is 5.92 Å². The third kappa shape index (κ3) is 3.88. The molecule has 5 heteroatoms. The Morgan fingerprint density at radius 2 is 1.76 bits per heavy atom. The number of likely N-dealkylation sites (tertiary alicyclic amines) is 1. The molecule has 5 rings (SSSR count). The molecule has 0 radical (unpaired) electrons. The summed E-state index contributed by atoms with van der Waals surface area (Å²) in [4.78, 5) is 24.5. The van der Waals surface area contributed by atoms with Crippen LogP contribution in [0.25, 0.3) is 0 Å². The highest BCUT2D eigenvalue weighted by molar-refractivity contribution is 6.07. The molecule has 2 aromatic rings. The molecule has 1 aromatic carbocycles. The van der Waals surface area contributed by atoms with Crippen molar-refractivity contribution in [2.45, 2.75) is 32.1 Å². The Hall–Kier alpha value is -2.40. The van der Waals surface area contributed by atoms with Gasteiger partial charge in [0.05, 0.1) is 5.56 Å². The highest BCUT2D eigenvalue weighted by Crippen LogP contribution is 2.29. The van der Waals surface area contributed by atoms with Crippen molar-refractivity contribution in [3.63, 3.8) is 0 Å². The lowest BCUT2D eigenvalue weighted by Gasteiger charge is -2.34. The number of anilines is 2. The van der Waals surface area contributed by atoms with E-state index < -0.39 is 0 Å². The Morgan fingerprint density at radius 3 is 2.52 bits per heavy atom. The van der Waals surface area contributed by atoms with E-state index >= 15 is 0 Å². The number of fused-ring (bicyclic) bond motifs is 1. The monoisotopic (exact) mass is 390 g/mol. The van der Waals surface area contributed by atoms with E-state index in [4.69, 9.17) is 0 Å². The maximum atomic E-state index is 13.0. The van der Waals surface area contributed by atoms with E-state index in [1.54, 1.807) is 6.20 Å². The van der Waals surface area contributed by atoms with Crippen LogP contribution in [-0.2, 0) is 6.42 Å². The van der Waals surface area contributed by atoms with Gasteiger partial charge in [0.1, 0.15) is 5.82 Å². The third-order valence-electron chi connectivity index (χ3n) is 6.78. The molecule has 3 aliphatic rings. The Bertz CT molecular complexity index is 851. The summed E-state index contributed by atoms with van der Waals surface area (Å²) in [5.41, 5.74) is 2.97. The Labute approximate surface area is 173 Å². The number of aromatic nitrogens is 1. The molecule has 5 nitrogen and oxygen atoms in total. The summed E-state index contributed by atoms with van der Waals surface area (Å²) in [5.74, 6) is 1.88. The van der Waals surface area contributed by atoms with E-state index in [1.807, 2.05) is 35.2 Å². The molecule has 1 aromatic heterocycles. The highest BCUT2D eigenvalue weighted by atomic mass is 16.2. The van der Waals surface area contributed by atoms with Crippen molar-refractivity contribution in [1.82, 2.24) is 9.88 Å². The van der Waals surface area contributed by atoms with Crippen LogP contribution in [-0.4, -0.2) is 55.1 Å². The number of benzene rings is 1. The Morgan fingerprint density at radius 1 is 0.966 bits per heavy atom. The Kier molecular flexibility index (Phi) is 5.23. The van der Waals surface area contributed by atoms with Crippen molar-refractivity contribution in [2.75, 3.05) is 49.1 Å². The van der Waals surface area contributed by atoms with Crippen molar-refractivity contribution in [3.8, 4) is 0 Å². The number of hydrogen-bond donors (Lipinski definition) is 0. The van der Waals surface area contributed by atoms with Crippen molar-refractivity contribution >= 4 is 17.4 Å². The topological polar surface area (TPSA) is 39.7 Å². The maximum Gasteiger partial charge on any atom is 0.259 e. The summed E-state index contributed by atoms with van der Waals surface area (Å²) in [6, 6.07) is 12.2. The largest absolute Gasteiger partial charge is 0.357 e. The lowest BCUT2D eigenvalue weighted by atomic mass is 9.96. The van der Waals surface area contributed by atoms with Gasteiger partial charge >= 0.3 is 0 Å². The predicted octanol–water partition coefficient (Wildman–Crippen LogP) is 3.60. The number of rotatable bonds is 4. The van der Waals surface area contributed by atoms with Crippen LogP contribution in [0.2, 0.25) is 0 Å². The lowest BCUT2D eigenvalue weighted by Crippen LogP contribution is -2.38. The molecular formula is C24H30N4O. The molecule has 2 saturated heterocycles. The first-order valence-electron chi connectivity index (χ1n) is 11.1. The lowest BCUT2D eigenvalue weighted by molar-refractivity contribution is 0.0989. The number of pyridine rings is 1. The fourth-order valence-electron chi connectivity index (χ4n) is 5.08. The smallest absolute Gasteiger partial charge is 0.259 e. The second kappa shape index (κ2) is 8.15. The van der Waals surface area contributed by atoms with E-state index in [-0.39, 0.29) is 5.91 Å². The van der Waals surface area contributed by atoms with Gasteiger partial charge in [0.15, 0.2) is 0 Å². The quantitative estimate of drug-likeness (QED) is 0.800. The standard InChI is InChI=1S/C24H30N4O/c29-24(28-16-11-20-5-1-2-6-22(20)28)21-7-8-23(25-17-21)27-14-9-19(10-15-27)18-26-12-3-4-13-26/h1-2,5-8,17,19H,3-4,9-16,18H2. The van der Waals surface area contributed by atoms with Gasteiger partial charge in [-0.05, 0) is 74.9 Å². The second-order valence-electron chi connectivity index (χ2n) is 8.68. The molecule has 0 aliphatic carbocycles. The summed E-state index contributed by atoms with van der Waals surface area (Å²) in [6.07, 6.45) is 7.91. The van der Waals surface area contributed by atoms with Gasteiger partial charge in [0.25, 0.3) is 5.91 Å². The maximum absolute atomic E-state index is 13.0. The van der Waals surface area contributed by atoms with Crippen molar-refractivity contribution in [1.29, 1.82) is 0 Å². The third-order valence-corrected chi connectivity index (χ3v) is 6.78. The summed E-state index contributed by atoms with van der Waals surface area (Å²) in [7, 11) is 0. The fourth-order valence-corrected chi connectivity index (χ4v) is 5.08. The molecule has 0 bridgehead atoms. The predicted molar refractivity (Wildman–Crippen MR) is 117 cm³/mol. The van der Waals surface area contributed by atoms with Crippen LogP contribution in [0, 0.1) is 5.92 Å². The van der Waals surface area contributed by atoms with Gasteiger partial charge in [-0.15, -0.1) is 0 Å². The van der Waals surface area contributed by atoms with Gasteiger partial charge < -0.3 is 14.7 Å². The minimum Gasteiger partial charge on any atom is -0.357 e. The van der Waals surface area contributed by atoms with Gasteiger partial charge in [-0.3, -0.25) is 4.79 Å². The number of carbonyl (C=O) groups is 1. The average molecular weight is 391 g/mol. The molecule has 0 spiro atoms. The molecule has 4 heterocycles. The summed E-state index contributed by atoms with van der Waals surface area (Å²) >= 11 is 0. The molecule has 1 amide bonds. The highest BCUT2D eigenvalue weighted by Gasteiger charge is 2.26. The Balaban J connectivity index is 1.19. The van der Waals surface area contributed by atoms with E-state index in [0.29, 0.717) is 5.56 Å². The van der Waals surface area contributed by atoms with E-state index in [9.17, 15) is 4.79 Å². The first kappa shape index (κ1) is 18.6. The molecular weight excluding hydrogens is 360 g/mol. The second-order valence-corrected chi connectivity index (χ2v) is 8.68. The SMILES string of the molecule is O=C(c1ccc(N2CCC(CN3CCCC3)CC2)nc1)N1CCc2ccccc21. The van der Waals surface area contributed by atoms with E-state index in [2.05, 4.69) is 20.9 Å². The minimum atomic E-state index is 0.0540. The number of carbonyl (C=O) groups excluding carboxylic acids is 1. The fraction of sp³-hybridized carbons (Fsp3) is 0.500. The molecule has 152 valence electrons. The molecule has 0 atom stereocenters. The van der Waals surface area contributed by atoms with Crippen LogP contribution >= 0.6 is 0 Å². The first-order chi connectivity index (χ1) is 14.3.